The van der Waals surface area contributed by atoms with Gasteiger partial charge in [0.1, 0.15) is 0 Å². The summed E-state index contributed by atoms with van der Waals surface area (Å²) in [7, 11) is 0. The molecule has 0 radical (unpaired) electrons. The third-order valence-corrected chi connectivity index (χ3v) is 4.11. The van der Waals surface area contributed by atoms with Crippen molar-refractivity contribution >= 4 is 28.3 Å². The Labute approximate surface area is 126 Å². The van der Waals surface area contributed by atoms with Crippen LogP contribution in [0.3, 0.4) is 0 Å². The first kappa shape index (κ1) is 14.2. The molecule has 110 valence electrons. The highest BCUT2D eigenvalue weighted by atomic mass is 35.5. The standard InChI is InChI=1S/C15H15ClN2O3/c16-12-3-1-2-11-14(12)17-9-18(15(11)20)8-13(19)10-4-6-21-7-5-10/h1-3,9-10H,4-8H2. The van der Waals surface area contributed by atoms with Crippen LogP contribution in [0.25, 0.3) is 10.9 Å². The first-order chi connectivity index (χ1) is 10.2. The Morgan fingerprint density at radius 1 is 1.38 bits per heavy atom. The van der Waals surface area contributed by atoms with E-state index in [0.29, 0.717) is 29.1 Å². The van der Waals surface area contributed by atoms with Crippen molar-refractivity contribution in [3.05, 3.63) is 39.9 Å². The summed E-state index contributed by atoms with van der Waals surface area (Å²) < 4.78 is 6.60. The Kier molecular flexibility index (Phi) is 4.03. The predicted octanol–water partition coefficient (Wildman–Crippen LogP) is 2.05. The van der Waals surface area contributed by atoms with Gasteiger partial charge in [-0.1, -0.05) is 17.7 Å². The van der Waals surface area contributed by atoms with Crippen molar-refractivity contribution in [2.45, 2.75) is 19.4 Å². The molecule has 1 fully saturated rings. The largest absolute Gasteiger partial charge is 0.381 e. The summed E-state index contributed by atoms with van der Waals surface area (Å²) in [6, 6.07) is 5.07. The normalized spacial score (nSPS) is 16.2. The van der Waals surface area contributed by atoms with Crippen LogP contribution in [-0.2, 0) is 16.1 Å². The van der Waals surface area contributed by atoms with E-state index in [2.05, 4.69) is 4.98 Å². The molecule has 1 aliphatic rings. The lowest BCUT2D eigenvalue weighted by Crippen LogP contribution is -2.31. The minimum Gasteiger partial charge on any atom is -0.381 e. The van der Waals surface area contributed by atoms with E-state index in [1.807, 2.05) is 0 Å². The van der Waals surface area contributed by atoms with E-state index in [-0.39, 0.29) is 23.8 Å². The number of ketones is 1. The molecule has 6 heteroatoms. The Balaban J connectivity index is 1.89. The minimum absolute atomic E-state index is 0.0271. The molecular weight excluding hydrogens is 292 g/mol. The topological polar surface area (TPSA) is 61.2 Å². The van der Waals surface area contributed by atoms with Gasteiger partial charge in [0.15, 0.2) is 5.78 Å². The Bertz CT molecular complexity index is 735. The molecule has 0 saturated carbocycles. The molecule has 1 aromatic heterocycles. The van der Waals surface area contributed by atoms with E-state index < -0.39 is 0 Å². The summed E-state index contributed by atoms with van der Waals surface area (Å²) in [4.78, 5) is 28.8. The van der Waals surface area contributed by atoms with Crippen LogP contribution >= 0.6 is 11.6 Å². The van der Waals surface area contributed by atoms with Gasteiger partial charge in [-0.05, 0) is 25.0 Å². The predicted molar refractivity (Wildman–Crippen MR) is 79.6 cm³/mol. The maximum atomic E-state index is 12.4. The number of nitrogens with zero attached hydrogens (tertiary/aromatic N) is 2. The fraction of sp³-hybridized carbons (Fsp3) is 0.400. The second-order valence-corrected chi connectivity index (χ2v) is 5.57. The van der Waals surface area contributed by atoms with E-state index in [0.717, 1.165) is 12.8 Å². The molecule has 0 N–H and O–H groups in total. The maximum Gasteiger partial charge on any atom is 0.261 e. The number of benzene rings is 1. The van der Waals surface area contributed by atoms with Crippen LogP contribution in [0.1, 0.15) is 12.8 Å². The van der Waals surface area contributed by atoms with Gasteiger partial charge in [-0.25, -0.2) is 4.98 Å². The van der Waals surface area contributed by atoms with Crippen molar-refractivity contribution in [3.8, 4) is 0 Å². The number of para-hydroxylation sites is 1. The van der Waals surface area contributed by atoms with Gasteiger partial charge in [0, 0.05) is 19.1 Å². The summed E-state index contributed by atoms with van der Waals surface area (Å²) in [6.07, 6.45) is 2.84. The van der Waals surface area contributed by atoms with Crippen LogP contribution in [-0.4, -0.2) is 28.5 Å². The lowest BCUT2D eigenvalue weighted by Gasteiger charge is -2.21. The molecule has 1 aliphatic heterocycles. The third kappa shape index (κ3) is 2.84. The van der Waals surface area contributed by atoms with Crippen molar-refractivity contribution in [1.29, 1.82) is 0 Å². The number of ether oxygens (including phenoxy) is 1. The van der Waals surface area contributed by atoms with Gasteiger partial charge < -0.3 is 4.74 Å². The zero-order chi connectivity index (χ0) is 14.8. The first-order valence-electron chi connectivity index (χ1n) is 6.91. The van der Waals surface area contributed by atoms with Gasteiger partial charge in [-0.2, -0.15) is 0 Å². The van der Waals surface area contributed by atoms with Crippen molar-refractivity contribution in [1.82, 2.24) is 9.55 Å². The van der Waals surface area contributed by atoms with Crippen molar-refractivity contribution < 1.29 is 9.53 Å². The lowest BCUT2D eigenvalue weighted by molar-refractivity contribution is -0.126. The fourth-order valence-electron chi connectivity index (χ4n) is 2.58. The highest BCUT2D eigenvalue weighted by molar-refractivity contribution is 6.34. The highest BCUT2D eigenvalue weighted by Gasteiger charge is 2.22. The van der Waals surface area contributed by atoms with E-state index in [1.165, 1.54) is 10.9 Å². The quantitative estimate of drug-likeness (QED) is 0.870. The van der Waals surface area contributed by atoms with Gasteiger partial charge in [0.2, 0.25) is 0 Å². The molecule has 1 saturated heterocycles. The average Bonchev–Trinajstić information content (AvgIpc) is 2.51. The van der Waals surface area contributed by atoms with E-state index >= 15 is 0 Å². The van der Waals surface area contributed by atoms with Crippen LogP contribution < -0.4 is 5.56 Å². The van der Waals surface area contributed by atoms with Crippen LogP contribution in [0.15, 0.2) is 29.3 Å². The summed E-state index contributed by atoms with van der Waals surface area (Å²) in [6.45, 7) is 1.27. The molecule has 0 bridgehead atoms. The number of rotatable bonds is 3. The zero-order valence-electron chi connectivity index (χ0n) is 11.4. The summed E-state index contributed by atoms with van der Waals surface area (Å²) in [5.74, 6) is 0.0317. The summed E-state index contributed by atoms with van der Waals surface area (Å²) in [5.41, 5.74) is 0.238. The molecule has 0 spiro atoms. The SMILES string of the molecule is O=C(Cn1cnc2c(Cl)cccc2c1=O)C1CCOCC1. The van der Waals surface area contributed by atoms with Crippen molar-refractivity contribution in [2.75, 3.05) is 13.2 Å². The Morgan fingerprint density at radius 2 is 2.14 bits per heavy atom. The number of aromatic nitrogens is 2. The van der Waals surface area contributed by atoms with E-state index in [1.54, 1.807) is 18.2 Å². The maximum absolute atomic E-state index is 12.4. The molecule has 3 rings (SSSR count). The minimum atomic E-state index is -0.233. The number of carbonyl (C=O) groups excluding carboxylic acids is 1. The molecule has 2 aromatic rings. The van der Waals surface area contributed by atoms with E-state index in [9.17, 15) is 9.59 Å². The number of Topliss-reactive ketones (excluding diaryl/α,β-unsaturated/α-hetero) is 1. The number of hydrogen-bond donors (Lipinski definition) is 0. The molecule has 2 heterocycles. The van der Waals surface area contributed by atoms with Gasteiger partial charge in [0.05, 0.1) is 28.8 Å². The molecule has 1 aromatic carbocycles. The van der Waals surface area contributed by atoms with Gasteiger partial charge >= 0.3 is 0 Å². The fourth-order valence-corrected chi connectivity index (χ4v) is 2.81. The number of hydrogen-bond acceptors (Lipinski definition) is 4. The van der Waals surface area contributed by atoms with Crippen LogP contribution in [0.2, 0.25) is 5.02 Å². The lowest BCUT2D eigenvalue weighted by atomic mass is 9.95. The molecule has 0 unspecified atom stereocenters. The Morgan fingerprint density at radius 3 is 2.90 bits per heavy atom. The average molecular weight is 307 g/mol. The Hall–Kier alpha value is -1.72. The molecule has 0 amide bonds. The van der Waals surface area contributed by atoms with Crippen LogP contribution in [0.5, 0.6) is 0 Å². The van der Waals surface area contributed by atoms with Gasteiger partial charge in [0.25, 0.3) is 5.56 Å². The number of carbonyl (C=O) groups is 1. The molecule has 5 nitrogen and oxygen atoms in total. The number of fused-ring (bicyclic) bond motifs is 1. The second-order valence-electron chi connectivity index (χ2n) is 5.17. The molecule has 0 atom stereocenters. The summed E-state index contributed by atoms with van der Waals surface area (Å²) >= 11 is 6.02. The molecule has 21 heavy (non-hydrogen) atoms. The monoisotopic (exact) mass is 306 g/mol. The van der Waals surface area contributed by atoms with Gasteiger partial charge in [-0.15, -0.1) is 0 Å². The van der Waals surface area contributed by atoms with Crippen molar-refractivity contribution in [2.24, 2.45) is 5.92 Å². The van der Waals surface area contributed by atoms with Crippen LogP contribution in [0, 0.1) is 5.92 Å². The first-order valence-corrected chi connectivity index (χ1v) is 7.29. The van der Waals surface area contributed by atoms with Crippen LogP contribution in [0.4, 0.5) is 0 Å². The second kappa shape index (κ2) is 5.95. The third-order valence-electron chi connectivity index (χ3n) is 3.81. The van der Waals surface area contributed by atoms with Crippen molar-refractivity contribution in [3.63, 3.8) is 0 Å². The smallest absolute Gasteiger partial charge is 0.261 e. The van der Waals surface area contributed by atoms with Gasteiger partial charge in [-0.3, -0.25) is 14.2 Å². The van der Waals surface area contributed by atoms with E-state index in [4.69, 9.17) is 16.3 Å². The summed E-state index contributed by atoms with van der Waals surface area (Å²) in [5, 5.41) is 0.872. The molecule has 0 aliphatic carbocycles. The zero-order valence-corrected chi connectivity index (χ0v) is 12.2. The highest BCUT2D eigenvalue weighted by Crippen LogP contribution is 2.19. The number of halogens is 1. The molecular formula is C15H15ClN2O3.